The van der Waals surface area contributed by atoms with Crippen molar-refractivity contribution < 1.29 is 14.3 Å². The van der Waals surface area contributed by atoms with E-state index >= 15 is 0 Å². The predicted molar refractivity (Wildman–Crippen MR) is 84.7 cm³/mol. The maximum absolute atomic E-state index is 11.6. The number of benzene rings is 1. The largest absolute Gasteiger partial charge is 0.486 e. The van der Waals surface area contributed by atoms with Crippen LogP contribution >= 0.6 is 15.9 Å². The summed E-state index contributed by atoms with van der Waals surface area (Å²) < 4.78 is 12.0. The van der Waals surface area contributed by atoms with E-state index in [4.69, 9.17) is 9.47 Å². The van der Waals surface area contributed by atoms with E-state index in [0.717, 1.165) is 21.5 Å². The first-order chi connectivity index (χ1) is 10.1. The Bertz CT molecular complexity index is 506. The maximum Gasteiger partial charge on any atom is 0.233 e. The van der Waals surface area contributed by atoms with Gasteiger partial charge in [-0.25, -0.2) is 0 Å². The van der Waals surface area contributed by atoms with Gasteiger partial charge < -0.3 is 20.1 Å². The summed E-state index contributed by atoms with van der Waals surface area (Å²) in [6.45, 7) is 6.88. The number of carbonyl (C=O) groups is 1. The summed E-state index contributed by atoms with van der Waals surface area (Å²) in [6.07, 6.45) is 0. The lowest BCUT2D eigenvalue weighted by molar-refractivity contribution is -0.120. The van der Waals surface area contributed by atoms with Gasteiger partial charge in [0.25, 0.3) is 0 Å². The monoisotopic (exact) mass is 356 g/mol. The molecule has 1 aliphatic heterocycles. The second kappa shape index (κ2) is 7.66. The summed E-state index contributed by atoms with van der Waals surface area (Å²) in [5.74, 6) is 1.97. The Morgan fingerprint density at radius 2 is 2.10 bits per heavy atom. The van der Waals surface area contributed by atoms with Crippen molar-refractivity contribution in [1.29, 1.82) is 0 Å². The molecule has 5 nitrogen and oxygen atoms in total. The van der Waals surface area contributed by atoms with Crippen molar-refractivity contribution in [1.82, 2.24) is 10.6 Å². The number of nitrogens with one attached hydrogen (secondary N) is 2. The van der Waals surface area contributed by atoms with E-state index in [-0.39, 0.29) is 5.91 Å². The zero-order chi connectivity index (χ0) is 15.2. The first-order valence-electron chi connectivity index (χ1n) is 7.11. The van der Waals surface area contributed by atoms with Gasteiger partial charge in [0.15, 0.2) is 11.5 Å². The van der Waals surface area contributed by atoms with Crippen LogP contribution in [0.4, 0.5) is 0 Å². The Hall–Kier alpha value is -1.27. The second-order valence-corrected chi connectivity index (χ2v) is 6.26. The molecule has 6 heteroatoms. The van der Waals surface area contributed by atoms with E-state index in [1.807, 2.05) is 12.1 Å². The highest BCUT2D eigenvalue weighted by atomic mass is 79.9. The van der Waals surface area contributed by atoms with Gasteiger partial charge in [-0.05, 0) is 39.5 Å². The number of fused-ring (bicyclic) bond motifs is 1. The molecule has 0 spiro atoms. The Morgan fingerprint density at radius 3 is 2.86 bits per heavy atom. The normalized spacial score (nSPS) is 13.3. The van der Waals surface area contributed by atoms with Gasteiger partial charge in [-0.15, -0.1) is 0 Å². The second-order valence-electron chi connectivity index (χ2n) is 5.40. The maximum atomic E-state index is 11.6. The highest BCUT2D eigenvalue weighted by molar-refractivity contribution is 9.10. The van der Waals surface area contributed by atoms with Crippen molar-refractivity contribution in [2.75, 3.05) is 26.3 Å². The van der Waals surface area contributed by atoms with Crippen molar-refractivity contribution in [2.45, 2.75) is 20.4 Å². The molecule has 1 heterocycles. The Morgan fingerprint density at radius 1 is 1.33 bits per heavy atom. The van der Waals surface area contributed by atoms with Gasteiger partial charge in [0, 0.05) is 13.1 Å². The number of amides is 1. The fourth-order valence-electron chi connectivity index (χ4n) is 1.97. The molecule has 0 unspecified atom stereocenters. The van der Waals surface area contributed by atoms with E-state index < -0.39 is 0 Å². The molecule has 0 aromatic heterocycles. The summed E-state index contributed by atoms with van der Waals surface area (Å²) in [5.41, 5.74) is 1.04. The zero-order valence-electron chi connectivity index (χ0n) is 12.4. The summed E-state index contributed by atoms with van der Waals surface area (Å²) in [6, 6.07) is 3.92. The van der Waals surface area contributed by atoms with Crippen LogP contribution in [0.2, 0.25) is 0 Å². The summed E-state index contributed by atoms with van der Waals surface area (Å²) in [4.78, 5) is 11.6. The van der Waals surface area contributed by atoms with E-state index in [9.17, 15) is 4.79 Å². The molecule has 0 aliphatic carbocycles. The minimum atomic E-state index is 0.0142. The standard InChI is InChI=1S/C15H21BrN2O3/c1-10(2)7-18-14(19)9-17-8-11-5-12(16)15-13(6-11)20-3-4-21-15/h5-6,10,17H,3-4,7-9H2,1-2H3,(H,18,19). The molecule has 1 amide bonds. The van der Waals surface area contributed by atoms with Crippen LogP contribution in [0, 0.1) is 5.92 Å². The molecule has 0 atom stereocenters. The molecule has 0 radical (unpaired) electrons. The molecule has 2 rings (SSSR count). The highest BCUT2D eigenvalue weighted by Crippen LogP contribution is 2.38. The molecule has 2 N–H and O–H groups in total. The van der Waals surface area contributed by atoms with Gasteiger partial charge in [0.05, 0.1) is 11.0 Å². The molecule has 0 bridgehead atoms. The van der Waals surface area contributed by atoms with Crippen molar-refractivity contribution in [2.24, 2.45) is 5.92 Å². The SMILES string of the molecule is CC(C)CNC(=O)CNCc1cc(Br)c2c(c1)OCCO2. The van der Waals surface area contributed by atoms with Crippen molar-refractivity contribution >= 4 is 21.8 Å². The number of carbonyl (C=O) groups excluding carboxylic acids is 1. The average Bonchev–Trinajstić information content (AvgIpc) is 2.45. The van der Waals surface area contributed by atoms with Crippen LogP contribution in [-0.2, 0) is 11.3 Å². The van der Waals surface area contributed by atoms with E-state index in [1.54, 1.807) is 0 Å². The van der Waals surface area contributed by atoms with Gasteiger partial charge in [-0.1, -0.05) is 13.8 Å². The lowest BCUT2D eigenvalue weighted by Gasteiger charge is -2.20. The third-order valence-electron chi connectivity index (χ3n) is 2.98. The number of ether oxygens (including phenoxy) is 2. The number of rotatable bonds is 6. The molecule has 0 saturated carbocycles. The fourth-order valence-corrected chi connectivity index (χ4v) is 2.57. The van der Waals surface area contributed by atoms with Crippen molar-refractivity contribution in [3.05, 3.63) is 22.2 Å². The minimum absolute atomic E-state index is 0.0142. The van der Waals surface area contributed by atoms with E-state index in [2.05, 4.69) is 40.4 Å². The smallest absolute Gasteiger partial charge is 0.233 e. The molecular formula is C15H21BrN2O3. The molecular weight excluding hydrogens is 336 g/mol. The molecule has 0 fully saturated rings. The summed E-state index contributed by atoms with van der Waals surface area (Å²) in [7, 11) is 0. The van der Waals surface area contributed by atoms with Crippen LogP contribution < -0.4 is 20.1 Å². The van der Waals surface area contributed by atoms with Crippen LogP contribution in [0.3, 0.4) is 0 Å². The third-order valence-corrected chi connectivity index (χ3v) is 3.57. The summed E-state index contributed by atoms with van der Waals surface area (Å²) in [5, 5.41) is 6.00. The first kappa shape index (κ1) is 16.1. The number of halogens is 1. The molecule has 116 valence electrons. The molecule has 1 aliphatic rings. The van der Waals surface area contributed by atoms with Crippen LogP contribution in [0.15, 0.2) is 16.6 Å². The van der Waals surface area contributed by atoms with E-state index in [1.165, 1.54) is 0 Å². The third kappa shape index (κ3) is 4.89. The van der Waals surface area contributed by atoms with Gasteiger partial charge >= 0.3 is 0 Å². The fraction of sp³-hybridized carbons (Fsp3) is 0.533. The zero-order valence-corrected chi connectivity index (χ0v) is 14.0. The van der Waals surface area contributed by atoms with Crippen LogP contribution in [0.5, 0.6) is 11.5 Å². The topological polar surface area (TPSA) is 59.6 Å². The quantitative estimate of drug-likeness (QED) is 0.819. The average molecular weight is 357 g/mol. The predicted octanol–water partition coefficient (Wildman–Crippen LogP) is 2.08. The first-order valence-corrected chi connectivity index (χ1v) is 7.91. The molecule has 1 aromatic carbocycles. The number of hydrogen-bond acceptors (Lipinski definition) is 4. The molecule has 1 aromatic rings. The summed E-state index contributed by atoms with van der Waals surface area (Å²) >= 11 is 3.48. The lowest BCUT2D eigenvalue weighted by atomic mass is 10.2. The highest BCUT2D eigenvalue weighted by Gasteiger charge is 2.16. The lowest BCUT2D eigenvalue weighted by Crippen LogP contribution is -2.35. The minimum Gasteiger partial charge on any atom is -0.486 e. The Labute approximate surface area is 133 Å². The van der Waals surface area contributed by atoms with Gasteiger partial charge in [0.2, 0.25) is 5.91 Å². The molecule has 0 saturated heterocycles. The molecule has 21 heavy (non-hydrogen) atoms. The van der Waals surface area contributed by atoms with Gasteiger partial charge in [0.1, 0.15) is 13.2 Å². The van der Waals surface area contributed by atoms with Crippen LogP contribution in [-0.4, -0.2) is 32.2 Å². The van der Waals surface area contributed by atoms with E-state index in [0.29, 0.717) is 38.8 Å². The van der Waals surface area contributed by atoms with Crippen molar-refractivity contribution in [3.8, 4) is 11.5 Å². The number of hydrogen-bond donors (Lipinski definition) is 2. The Kier molecular flexibility index (Phi) is 5.87. The Balaban J connectivity index is 1.83. The van der Waals surface area contributed by atoms with Crippen LogP contribution in [0.1, 0.15) is 19.4 Å². The van der Waals surface area contributed by atoms with Gasteiger partial charge in [-0.2, -0.15) is 0 Å². The van der Waals surface area contributed by atoms with Gasteiger partial charge in [-0.3, -0.25) is 4.79 Å². The van der Waals surface area contributed by atoms with Crippen LogP contribution in [0.25, 0.3) is 0 Å². The van der Waals surface area contributed by atoms with Crippen molar-refractivity contribution in [3.63, 3.8) is 0 Å².